The highest BCUT2D eigenvalue weighted by molar-refractivity contribution is 9.10. The van der Waals surface area contributed by atoms with Gasteiger partial charge in [0.2, 0.25) is 5.90 Å². The van der Waals surface area contributed by atoms with Crippen molar-refractivity contribution in [1.82, 2.24) is 5.32 Å². The topological polar surface area (TPSA) is 92.6 Å². The van der Waals surface area contributed by atoms with Crippen LogP contribution in [0.4, 0.5) is 5.69 Å². The standard InChI is InChI=1S/C36H38BrN3O5/c1-40(2)29-16-12-25(13-17-29)24-38-35(42)36(23-28-8-4-5-11-32(28)37)33(27-9-6-10-31(22-27)43-3)45-34(39-36)26-14-18-30(19-15-26)44-21-7-20-41/h4-6,8-19,22,33,41H,7,20-21,23-24H2,1-3H3,(H,38,42)/t33-,36-/m1/s1. The van der Waals surface area contributed by atoms with Gasteiger partial charge in [0.05, 0.1) is 13.7 Å². The molecule has 234 valence electrons. The zero-order valence-electron chi connectivity index (χ0n) is 25.7. The van der Waals surface area contributed by atoms with Gasteiger partial charge in [0.15, 0.2) is 11.6 Å². The van der Waals surface area contributed by atoms with Crippen molar-refractivity contribution < 1.29 is 24.1 Å². The Hall–Kier alpha value is -4.34. The number of amides is 1. The first-order chi connectivity index (χ1) is 21.8. The SMILES string of the molecule is COc1cccc([C@H]2OC(c3ccc(OCCCO)cc3)=N[C@@]2(Cc2ccccc2Br)C(=O)NCc2ccc(N(C)C)cc2)c1. The highest BCUT2D eigenvalue weighted by Crippen LogP contribution is 2.44. The van der Waals surface area contributed by atoms with Crippen molar-refractivity contribution >= 4 is 33.4 Å². The summed E-state index contributed by atoms with van der Waals surface area (Å²) in [6, 6.07) is 30.9. The fourth-order valence-corrected chi connectivity index (χ4v) is 5.69. The minimum Gasteiger partial charge on any atom is -0.497 e. The van der Waals surface area contributed by atoms with Gasteiger partial charge in [-0.2, -0.15) is 0 Å². The predicted molar refractivity (Wildman–Crippen MR) is 180 cm³/mol. The molecule has 0 bridgehead atoms. The third-order valence-corrected chi connectivity index (χ3v) is 8.52. The molecule has 0 fully saturated rings. The van der Waals surface area contributed by atoms with Crippen LogP contribution >= 0.6 is 15.9 Å². The lowest BCUT2D eigenvalue weighted by atomic mass is 9.82. The number of aliphatic hydroxyl groups excluding tert-OH is 1. The number of hydrogen-bond donors (Lipinski definition) is 2. The summed E-state index contributed by atoms with van der Waals surface area (Å²) in [7, 11) is 5.60. The molecule has 0 aliphatic carbocycles. The van der Waals surface area contributed by atoms with Crippen LogP contribution in [0.2, 0.25) is 0 Å². The highest BCUT2D eigenvalue weighted by Gasteiger charge is 2.53. The molecule has 4 aromatic carbocycles. The number of anilines is 1. The summed E-state index contributed by atoms with van der Waals surface area (Å²) in [4.78, 5) is 21.7. The second-order valence-corrected chi connectivity index (χ2v) is 11.9. The minimum atomic E-state index is -1.34. The summed E-state index contributed by atoms with van der Waals surface area (Å²) in [5.41, 5.74) is 3.13. The number of methoxy groups -OCH3 is 1. The van der Waals surface area contributed by atoms with Gasteiger partial charge in [0.25, 0.3) is 5.91 Å². The van der Waals surface area contributed by atoms with Crippen LogP contribution in [0, 0.1) is 0 Å². The third-order valence-electron chi connectivity index (χ3n) is 7.75. The van der Waals surface area contributed by atoms with E-state index in [-0.39, 0.29) is 18.9 Å². The Morgan fingerprint density at radius 1 is 1.00 bits per heavy atom. The van der Waals surface area contributed by atoms with Gasteiger partial charge in [0, 0.05) is 55.8 Å². The number of carbonyl (C=O) groups is 1. The molecule has 1 heterocycles. The molecule has 0 radical (unpaired) electrons. The van der Waals surface area contributed by atoms with E-state index < -0.39 is 11.6 Å². The molecule has 0 aromatic heterocycles. The normalized spacial score (nSPS) is 17.3. The Labute approximate surface area is 272 Å². The third kappa shape index (κ3) is 7.49. The molecule has 1 aliphatic rings. The van der Waals surface area contributed by atoms with Gasteiger partial charge in [-0.3, -0.25) is 4.79 Å². The van der Waals surface area contributed by atoms with Crippen LogP contribution in [0.5, 0.6) is 11.5 Å². The lowest BCUT2D eigenvalue weighted by Gasteiger charge is -2.31. The Morgan fingerprint density at radius 3 is 2.44 bits per heavy atom. The Morgan fingerprint density at radius 2 is 1.76 bits per heavy atom. The highest BCUT2D eigenvalue weighted by atomic mass is 79.9. The molecule has 0 saturated heterocycles. The number of aliphatic hydroxyl groups is 1. The van der Waals surface area contributed by atoms with E-state index in [9.17, 15) is 4.79 Å². The number of aliphatic imine (C=N–C) groups is 1. The Bertz CT molecular complexity index is 1620. The van der Waals surface area contributed by atoms with Crippen LogP contribution in [0.25, 0.3) is 0 Å². The van der Waals surface area contributed by atoms with Crippen molar-refractivity contribution in [2.45, 2.75) is 31.0 Å². The van der Waals surface area contributed by atoms with Crippen molar-refractivity contribution in [3.05, 3.63) is 124 Å². The average molecular weight is 673 g/mol. The molecule has 2 atom stereocenters. The summed E-state index contributed by atoms with van der Waals surface area (Å²) < 4.78 is 18.8. The van der Waals surface area contributed by atoms with Gasteiger partial charge >= 0.3 is 0 Å². The Kier molecular flexibility index (Phi) is 10.4. The second kappa shape index (κ2) is 14.6. The predicted octanol–water partition coefficient (Wildman–Crippen LogP) is 6.10. The number of hydrogen-bond acceptors (Lipinski definition) is 7. The number of rotatable bonds is 13. The van der Waals surface area contributed by atoms with E-state index in [1.54, 1.807) is 7.11 Å². The van der Waals surface area contributed by atoms with Crippen molar-refractivity contribution in [3.8, 4) is 11.5 Å². The Balaban J connectivity index is 1.55. The molecule has 4 aromatic rings. The van der Waals surface area contributed by atoms with Crippen LogP contribution in [0.15, 0.2) is 107 Å². The molecule has 0 unspecified atom stereocenters. The molecule has 0 saturated carbocycles. The maximum absolute atomic E-state index is 14.6. The maximum Gasteiger partial charge on any atom is 0.252 e. The van der Waals surface area contributed by atoms with Crippen molar-refractivity contribution in [3.63, 3.8) is 0 Å². The number of nitrogens with zero attached hydrogens (tertiary/aromatic N) is 2. The van der Waals surface area contributed by atoms with Crippen LogP contribution < -0.4 is 19.7 Å². The van der Waals surface area contributed by atoms with Crippen LogP contribution in [0.1, 0.15) is 34.8 Å². The molecular weight excluding hydrogens is 634 g/mol. The van der Waals surface area contributed by atoms with E-state index in [1.165, 1.54) is 0 Å². The molecule has 5 rings (SSSR count). The molecule has 8 nitrogen and oxygen atoms in total. The number of nitrogens with one attached hydrogen (secondary N) is 1. The molecule has 1 amide bonds. The van der Waals surface area contributed by atoms with Gasteiger partial charge < -0.3 is 29.5 Å². The lowest BCUT2D eigenvalue weighted by Crippen LogP contribution is -2.49. The molecule has 45 heavy (non-hydrogen) atoms. The van der Waals surface area contributed by atoms with Crippen molar-refractivity contribution in [2.75, 3.05) is 39.3 Å². The molecule has 2 N–H and O–H groups in total. The number of benzene rings is 4. The lowest BCUT2D eigenvalue weighted by molar-refractivity contribution is -0.129. The summed E-state index contributed by atoms with van der Waals surface area (Å²) in [6.07, 6.45) is 0.0890. The van der Waals surface area contributed by atoms with Gasteiger partial charge in [0.1, 0.15) is 11.5 Å². The quantitative estimate of drug-likeness (QED) is 0.167. The largest absolute Gasteiger partial charge is 0.497 e. The van der Waals surface area contributed by atoms with E-state index in [2.05, 4.69) is 21.2 Å². The maximum atomic E-state index is 14.6. The molecule has 9 heteroatoms. The minimum absolute atomic E-state index is 0.0669. The first kappa shape index (κ1) is 32.1. The summed E-state index contributed by atoms with van der Waals surface area (Å²) in [5, 5.41) is 12.3. The zero-order valence-corrected chi connectivity index (χ0v) is 27.3. The van der Waals surface area contributed by atoms with Crippen molar-refractivity contribution in [1.29, 1.82) is 0 Å². The number of carbonyl (C=O) groups excluding carboxylic acids is 1. The average Bonchev–Trinajstić information content (AvgIpc) is 3.46. The van der Waals surface area contributed by atoms with E-state index >= 15 is 0 Å². The van der Waals surface area contributed by atoms with E-state index in [1.807, 2.05) is 116 Å². The van der Waals surface area contributed by atoms with Crippen LogP contribution in [-0.2, 0) is 22.5 Å². The van der Waals surface area contributed by atoms with Crippen molar-refractivity contribution in [2.24, 2.45) is 4.99 Å². The molecular formula is C36H38BrN3O5. The fraction of sp³-hybridized carbons (Fsp3) is 0.278. The molecule has 1 aliphatic heterocycles. The van der Waals surface area contributed by atoms with E-state index in [0.29, 0.717) is 37.0 Å². The summed E-state index contributed by atoms with van der Waals surface area (Å²) in [6.45, 7) is 0.815. The van der Waals surface area contributed by atoms with Gasteiger partial charge in [-0.05, 0) is 71.3 Å². The molecule has 0 spiro atoms. The summed E-state index contributed by atoms with van der Waals surface area (Å²) >= 11 is 3.69. The number of ether oxygens (including phenoxy) is 3. The van der Waals surface area contributed by atoms with Gasteiger partial charge in [-0.25, -0.2) is 4.99 Å². The van der Waals surface area contributed by atoms with Gasteiger partial charge in [-0.15, -0.1) is 0 Å². The smallest absolute Gasteiger partial charge is 0.252 e. The first-order valence-electron chi connectivity index (χ1n) is 14.9. The zero-order chi connectivity index (χ0) is 31.8. The first-order valence-corrected chi connectivity index (χ1v) is 15.6. The van der Waals surface area contributed by atoms with Crippen LogP contribution in [-0.4, -0.2) is 56.9 Å². The fourth-order valence-electron chi connectivity index (χ4n) is 5.27. The van der Waals surface area contributed by atoms with Crippen LogP contribution in [0.3, 0.4) is 0 Å². The summed E-state index contributed by atoms with van der Waals surface area (Å²) in [5.74, 6) is 1.45. The number of halogens is 1. The van der Waals surface area contributed by atoms with E-state index in [0.717, 1.165) is 32.4 Å². The monoisotopic (exact) mass is 671 g/mol. The second-order valence-electron chi connectivity index (χ2n) is 11.1. The van der Waals surface area contributed by atoms with Gasteiger partial charge in [-0.1, -0.05) is 58.4 Å². The van der Waals surface area contributed by atoms with E-state index in [4.69, 9.17) is 24.3 Å².